The van der Waals surface area contributed by atoms with E-state index in [1.165, 1.54) is 18.8 Å². The van der Waals surface area contributed by atoms with Gasteiger partial charge in [-0.05, 0) is 31.5 Å². The van der Waals surface area contributed by atoms with Crippen LogP contribution in [0.1, 0.15) is 25.5 Å². The number of hydrogen-bond donors (Lipinski definition) is 3. The van der Waals surface area contributed by atoms with Crippen molar-refractivity contribution in [1.82, 2.24) is 10.6 Å². The molecule has 19 heavy (non-hydrogen) atoms. The van der Waals surface area contributed by atoms with Crippen molar-refractivity contribution in [1.29, 1.82) is 0 Å². The Morgan fingerprint density at radius 1 is 1.32 bits per heavy atom. The summed E-state index contributed by atoms with van der Waals surface area (Å²) in [7, 11) is 1.46. The minimum absolute atomic E-state index is 0.0458. The molecule has 0 aliphatic heterocycles. The van der Waals surface area contributed by atoms with Crippen LogP contribution in [-0.4, -0.2) is 24.2 Å². The highest BCUT2D eigenvalue weighted by molar-refractivity contribution is 8.00. The normalized spacial score (nSPS) is 13.5. The minimum atomic E-state index is -0.498. The molecule has 0 aliphatic carbocycles. The van der Waals surface area contributed by atoms with Gasteiger partial charge in [-0.25, -0.2) is 4.79 Å². The van der Waals surface area contributed by atoms with Crippen LogP contribution in [0.25, 0.3) is 0 Å². The second-order valence-electron chi connectivity index (χ2n) is 4.19. The minimum Gasteiger partial charge on any atom is -0.341 e. The van der Waals surface area contributed by atoms with Gasteiger partial charge in [0, 0.05) is 18.0 Å². The van der Waals surface area contributed by atoms with Crippen LogP contribution in [0, 0.1) is 0 Å². The third-order valence-corrected chi connectivity index (χ3v) is 3.62. The van der Waals surface area contributed by atoms with Gasteiger partial charge in [-0.1, -0.05) is 12.1 Å². The van der Waals surface area contributed by atoms with Gasteiger partial charge < -0.3 is 11.1 Å². The summed E-state index contributed by atoms with van der Waals surface area (Å²) in [5.74, 6) is -0.324. The quantitative estimate of drug-likeness (QED) is 0.733. The van der Waals surface area contributed by atoms with Crippen LogP contribution in [-0.2, 0) is 4.79 Å². The molecule has 2 unspecified atom stereocenters. The average Bonchev–Trinajstić information content (AvgIpc) is 2.38. The second kappa shape index (κ2) is 7.16. The Morgan fingerprint density at radius 2 is 2.00 bits per heavy atom. The summed E-state index contributed by atoms with van der Waals surface area (Å²) >= 11 is 1.39. The van der Waals surface area contributed by atoms with E-state index in [9.17, 15) is 9.59 Å². The van der Waals surface area contributed by atoms with E-state index in [0.717, 1.165) is 10.5 Å². The number of urea groups is 1. The maximum Gasteiger partial charge on any atom is 0.321 e. The number of imide groups is 1. The molecule has 0 aliphatic rings. The zero-order valence-corrected chi connectivity index (χ0v) is 12.1. The fraction of sp³-hybridized carbons (Fsp3) is 0.385. The predicted molar refractivity (Wildman–Crippen MR) is 77.0 cm³/mol. The molecule has 0 saturated heterocycles. The van der Waals surface area contributed by atoms with Gasteiger partial charge in [-0.15, -0.1) is 11.8 Å². The lowest BCUT2D eigenvalue weighted by Gasteiger charge is -2.12. The first-order valence-corrected chi connectivity index (χ1v) is 6.86. The molecule has 104 valence electrons. The largest absolute Gasteiger partial charge is 0.341 e. The maximum atomic E-state index is 11.7. The van der Waals surface area contributed by atoms with Crippen LogP contribution in [0.5, 0.6) is 0 Å². The fourth-order valence-electron chi connectivity index (χ4n) is 1.40. The molecule has 0 spiro atoms. The van der Waals surface area contributed by atoms with E-state index >= 15 is 0 Å². The number of benzene rings is 1. The molecule has 2 atom stereocenters. The molecule has 0 heterocycles. The first-order valence-electron chi connectivity index (χ1n) is 5.98. The van der Waals surface area contributed by atoms with E-state index in [1.807, 2.05) is 31.2 Å². The van der Waals surface area contributed by atoms with Crippen LogP contribution in [0.3, 0.4) is 0 Å². The summed E-state index contributed by atoms with van der Waals surface area (Å²) in [4.78, 5) is 23.7. The number of carbonyl (C=O) groups is 2. The third kappa shape index (κ3) is 4.92. The Labute approximate surface area is 117 Å². The Balaban J connectivity index is 2.66. The van der Waals surface area contributed by atoms with E-state index < -0.39 is 6.03 Å². The van der Waals surface area contributed by atoms with Gasteiger partial charge in [0.15, 0.2) is 0 Å². The van der Waals surface area contributed by atoms with Gasteiger partial charge in [0.2, 0.25) is 5.91 Å². The maximum absolute atomic E-state index is 11.7. The molecule has 1 aromatic carbocycles. The molecule has 1 aromatic rings. The van der Waals surface area contributed by atoms with Crippen LogP contribution in [0.15, 0.2) is 29.2 Å². The smallest absolute Gasteiger partial charge is 0.321 e. The first-order chi connectivity index (χ1) is 8.93. The number of thioether (sulfide) groups is 1. The molecule has 0 aromatic heterocycles. The molecule has 4 N–H and O–H groups in total. The number of rotatable bonds is 4. The Kier molecular flexibility index (Phi) is 5.85. The van der Waals surface area contributed by atoms with E-state index in [1.54, 1.807) is 6.92 Å². The van der Waals surface area contributed by atoms with Crippen LogP contribution >= 0.6 is 11.8 Å². The summed E-state index contributed by atoms with van der Waals surface area (Å²) in [5.41, 5.74) is 6.83. The van der Waals surface area contributed by atoms with Crippen molar-refractivity contribution < 1.29 is 9.59 Å². The Hall–Kier alpha value is -1.53. The predicted octanol–water partition coefficient (Wildman–Crippen LogP) is 1.64. The number of amides is 3. The van der Waals surface area contributed by atoms with Crippen molar-refractivity contribution in [3.63, 3.8) is 0 Å². The molecule has 0 radical (unpaired) electrons. The van der Waals surface area contributed by atoms with E-state index in [4.69, 9.17) is 5.73 Å². The summed E-state index contributed by atoms with van der Waals surface area (Å²) in [6.45, 7) is 3.66. The van der Waals surface area contributed by atoms with Gasteiger partial charge in [-0.3, -0.25) is 10.1 Å². The van der Waals surface area contributed by atoms with Gasteiger partial charge in [0.1, 0.15) is 0 Å². The van der Waals surface area contributed by atoms with Crippen molar-refractivity contribution >= 4 is 23.7 Å². The number of nitrogens with two attached hydrogens (primary N) is 1. The molecular formula is C13H19N3O2S. The van der Waals surface area contributed by atoms with Gasteiger partial charge in [0.05, 0.1) is 5.25 Å². The van der Waals surface area contributed by atoms with Crippen molar-refractivity contribution in [3.8, 4) is 0 Å². The lowest BCUT2D eigenvalue weighted by molar-refractivity contribution is -0.119. The Morgan fingerprint density at radius 3 is 2.58 bits per heavy atom. The van der Waals surface area contributed by atoms with E-state index in [0.29, 0.717) is 0 Å². The summed E-state index contributed by atoms with van der Waals surface area (Å²) in [5, 5.41) is 4.23. The van der Waals surface area contributed by atoms with Crippen molar-refractivity contribution in [2.45, 2.75) is 30.0 Å². The highest BCUT2D eigenvalue weighted by Gasteiger charge is 2.16. The van der Waals surface area contributed by atoms with E-state index in [2.05, 4.69) is 10.6 Å². The van der Waals surface area contributed by atoms with Gasteiger partial charge in [0.25, 0.3) is 0 Å². The fourth-order valence-corrected chi connectivity index (χ4v) is 2.34. The highest BCUT2D eigenvalue weighted by Crippen LogP contribution is 2.25. The summed E-state index contributed by atoms with van der Waals surface area (Å²) in [6, 6.07) is 7.19. The third-order valence-electron chi connectivity index (χ3n) is 2.53. The standard InChI is InChI=1S/C13H19N3O2S/c1-8(14)10-5-4-6-11(7-10)19-9(2)12(17)16-13(18)15-3/h4-9H,14H2,1-3H3,(H2,15,16,17,18). The molecular weight excluding hydrogens is 262 g/mol. The Bertz CT molecular complexity index is 463. The van der Waals surface area contributed by atoms with Gasteiger partial charge in [-0.2, -0.15) is 0 Å². The second-order valence-corrected chi connectivity index (χ2v) is 5.60. The topological polar surface area (TPSA) is 84.2 Å². The van der Waals surface area contributed by atoms with Crippen molar-refractivity contribution in [2.24, 2.45) is 5.73 Å². The van der Waals surface area contributed by atoms with Crippen LogP contribution in [0.2, 0.25) is 0 Å². The highest BCUT2D eigenvalue weighted by atomic mass is 32.2. The zero-order valence-electron chi connectivity index (χ0n) is 11.3. The summed E-state index contributed by atoms with van der Waals surface area (Å²) < 4.78 is 0. The zero-order chi connectivity index (χ0) is 14.4. The lowest BCUT2D eigenvalue weighted by Crippen LogP contribution is -2.41. The lowest BCUT2D eigenvalue weighted by atomic mass is 10.1. The SMILES string of the molecule is CNC(=O)NC(=O)C(C)Sc1cccc(C(C)N)c1. The molecule has 1 rings (SSSR count). The molecule has 0 saturated carbocycles. The average molecular weight is 281 g/mol. The number of carbonyl (C=O) groups excluding carboxylic acids is 2. The first kappa shape index (κ1) is 15.5. The van der Waals surface area contributed by atoms with Crippen LogP contribution in [0.4, 0.5) is 4.79 Å². The molecule has 5 nitrogen and oxygen atoms in total. The molecule has 6 heteroatoms. The number of hydrogen-bond acceptors (Lipinski definition) is 4. The van der Waals surface area contributed by atoms with Crippen molar-refractivity contribution in [2.75, 3.05) is 7.05 Å². The van der Waals surface area contributed by atoms with E-state index in [-0.39, 0.29) is 17.2 Å². The monoisotopic (exact) mass is 281 g/mol. The molecule has 3 amide bonds. The number of nitrogens with one attached hydrogen (secondary N) is 2. The molecule has 0 bridgehead atoms. The van der Waals surface area contributed by atoms with Crippen LogP contribution < -0.4 is 16.4 Å². The van der Waals surface area contributed by atoms with Gasteiger partial charge >= 0.3 is 6.03 Å². The molecule has 0 fully saturated rings. The van der Waals surface area contributed by atoms with Crippen molar-refractivity contribution in [3.05, 3.63) is 29.8 Å². The summed E-state index contributed by atoms with van der Waals surface area (Å²) in [6.07, 6.45) is 0.